The summed E-state index contributed by atoms with van der Waals surface area (Å²) in [5.74, 6) is -0.406. The van der Waals surface area contributed by atoms with Crippen LogP contribution in [0.3, 0.4) is 0 Å². The average molecular weight is 389 g/mol. The molecule has 1 aromatic heterocycles. The fraction of sp³-hybridized carbons (Fsp3) is 0.150. The van der Waals surface area contributed by atoms with E-state index in [1.165, 1.54) is 36.6 Å². The van der Waals surface area contributed by atoms with Crippen molar-refractivity contribution >= 4 is 17.2 Å². The van der Waals surface area contributed by atoms with Gasteiger partial charge >= 0.3 is 6.61 Å². The van der Waals surface area contributed by atoms with E-state index in [-0.39, 0.29) is 29.0 Å². The van der Waals surface area contributed by atoms with Crippen LogP contribution in [0.15, 0.2) is 66.0 Å². The minimum Gasteiger partial charge on any atom is -0.493 e. The molecule has 0 aliphatic rings. The number of thiophene rings is 1. The van der Waals surface area contributed by atoms with Crippen molar-refractivity contribution in [1.29, 1.82) is 0 Å². The van der Waals surface area contributed by atoms with Crippen molar-refractivity contribution in [2.45, 2.75) is 12.7 Å². The van der Waals surface area contributed by atoms with Gasteiger partial charge in [0.1, 0.15) is 0 Å². The second-order valence-corrected chi connectivity index (χ2v) is 6.56. The van der Waals surface area contributed by atoms with E-state index in [0.717, 1.165) is 10.4 Å². The maximum atomic E-state index is 12.8. The largest absolute Gasteiger partial charge is 0.493 e. The number of ether oxygens (including phenoxy) is 2. The van der Waals surface area contributed by atoms with Gasteiger partial charge in [-0.2, -0.15) is 8.78 Å². The summed E-state index contributed by atoms with van der Waals surface area (Å²) in [5.41, 5.74) is 1.23. The second-order valence-electron chi connectivity index (χ2n) is 5.58. The first-order valence-corrected chi connectivity index (χ1v) is 8.98. The molecular weight excluding hydrogens is 372 g/mol. The Balaban J connectivity index is 1.86. The zero-order valence-electron chi connectivity index (χ0n) is 14.4. The Kier molecular flexibility index (Phi) is 6.03. The molecule has 7 heteroatoms. The molecule has 140 valence electrons. The molecule has 0 saturated carbocycles. The second kappa shape index (κ2) is 8.64. The van der Waals surface area contributed by atoms with Crippen LogP contribution in [0.4, 0.5) is 8.78 Å². The first kappa shape index (κ1) is 18.8. The Labute approximate surface area is 159 Å². The van der Waals surface area contributed by atoms with Crippen LogP contribution in [0.5, 0.6) is 11.5 Å². The normalized spacial score (nSPS) is 11.9. The van der Waals surface area contributed by atoms with Crippen molar-refractivity contribution in [2.24, 2.45) is 0 Å². The maximum Gasteiger partial charge on any atom is 0.387 e. The highest BCUT2D eigenvalue weighted by molar-refractivity contribution is 7.10. The van der Waals surface area contributed by atoms with Gasteiger partial charge in [-0.3, -0.25) is 4.79 Å². The van der Waals surface area contributed by atoms with Crippen molar-refractivity contribution in [3.05, 3.63) is 82.0 Å². The third kappa shape index (κ3) is 4.62. The van der Waals surface area contributed by atoms with Crippen LogP contribution in [-0.2, 0) is 0 Å². The molecule has 1 heterocycles. The zero-order valence-corrected chi connectivity index (χ0v) is 15.2. The lowest BCUT2D eigenvalue weighted by Crippen LogP contribution is -2.28. The summed E-state index contributed by atoms with van der Waals surface area (Å²) in [4.78, 5) is 13.8. The lowest BCUT2D eigenvalue weighted by Gasteiger charge is -2.19. The molecular formula is C20H17F2NO3S. The zero-order chi connectivity index (χ0) is 19.2. The van der Waals surface area contributed by atoms with Crippen LogP contribution in [0.25, 0.3) is 0 Å². The maximum absolute atomic E-state index is 12.8. The molecule has 0 aliphatic heterocycles. The molecule has 0 bridgehead atoms. The van der Waals surface area contributed by atoms with Crippen LogP contribution < -0.4 is 14.8 Å². The van der Waals surface area contributed by atoms with Crippen LogP contribution >= 0.6 is 11.3 Å². The third-order valence-corrected chi connectivity index (χ3v) is 4.82. The van der Waals surface area contributed by atoms with Crippen molar-refractivity contribution in [2.75, 3.05) is 7.11 Å². The van der Waals surface area contributed by atoms with Gasteiger partial charge in [0.15, 0.2) is 11.5 Å². The van der Waals surface area contributed by atoms with E-state index >= 15 is 0 Å². The molecule has 0 unspecified atom stereocenters. The highest BCUT2D eigenvalue weighted by Gasteiger charge is 2.20. The van der Waals surface area contributed by atoms with Gasteiger partial charge in [-0.15, -0.1) is 11.3 Å². The highest BCUT2D eigenvalue weighted by atomic mass is 32.1. The summed E-state index contributed by atoms with van der Waals surface area (Å²) in [5, 5.41) is 4.93. The molecule has 1 atom stereocenters. The van der Waals surface area contributed by atoms with E-state index in [1.807, 2.05) is 47.8 Å². The molecule has 3 aromatic rings. The molecule has 3 rings (SSSR count). The van der Waals surface area contributed by atoms with Gasteiger partial charge in [-0.25, -0.2) is 0 Å². The van der Waals surface area contributed by atoms with Gasteiger partial charge < -0.3 is 14.8 Å². The number of carbonyl (C=O) groups is 1. The van der Waals surface area contributed by atoms with E-state index < -0.39 is 6.61 Å². The SMILES string of the molecule is COc1cc(C(=O)N[C@H](c2ccccc2)c2cccs2)ccc1OC(F)F. The number of benzene rings is 2. The summed E-state index contributed by atoms with van der Waals surface area (Å²) >= 11 is 1.54. The number of amides is 1. The Morgan fingerprint density at radius 1 is 1.04 bits per heavy atom. The summed E-state index contributed by atoms with van der Waals surface area (Å²) in [6.45, 7) is -2.97. The minimum atomic E-state index is -2.97. The van der Waals surface area contributed by atoms with Gasteiger partial charge in [-0.05, 0) is 35.2 Å². The number of methoxy groups -OCH3 is 1. The standard InChI is InChI=1S/C20H17F2NO3S/c1-25-16-12-14(9-10-15(16)26-20(21)22)19(24)23-18(17-8-5-11-27-17)13-6-3-2-4-7-13/h2-12,18,20H,1H3,(H,23,24)/t18-/m1/s1. The van der Waals surface area contributed by atoms with Gasteiger partial charge in [-0.1, -0.05) is 36.4 Å². The van der Waals surface area contributed by atoms with E-state index in [9.17, 15) is 13.6 Å². The number of hydrogen-bond acceptors (Lipinski definition) is 4. The predicted octanol–water partition coefficient (Wildman–Crippen LogP) is 4.88. The smallest absolute Gasteiger partial charge is 0.387 e. The monoisotopic (exact) mass is 389 g/mol. The first-order chi connectivity index (χ1) is 13.1. The number of carbonyl (C=O) groups excluding carboxylic acids is 1. The first-order valence-electron chi connectivity index (χ1n) is 8.10. The van der Waals surface area contributed by atoms with Gasteiger partial charge in [0.2, 0.25) is 0 Å². The molecule has 0 saturated heterocycles. The Morgan fingerprint density at radius 2 is 1.81 bits per heavy atom. The van der Waals surface area contributed by atoms with Crippen LogP contribution in [0.1, 0.15) is 26.8 Å². The molecule has 0 radical (unpaired) electrons. The number of alkyl halides is 2. The molecule has 27 heavy (non-hydrogen) atoms. The predicted molar refractivity (Wildman–Crippen MR) is 99.7 cm³/mol. The fourth-order valence-electron chi connectivity index (χ4n) is 2.64. The number of nitrogens with one attached hydrogen (secondary N) is 1. The topological polar surface area (TPSA) is 47.6 Å². The van der Waals surface area contributed by atoms with E-state index in [4.69, 9.17) is 4.74 Å². The fourth-order valence-corrected chi connectivity index (χ4v) is 3.44. The molecule has 2 aromatic carbocycles. The Morgan fingerprint density at radius 3 is 2.44 bits per heavy atom. The van der Waals surface area contributed by atoms with E-state index in [1.54, 1.807) is 0 Å². The molecule has 4 nitrogen and oxygen atoms in total. The third-order valence-electron chi connectivity index (χ3n) is 3.88. The Hall–Kier alpha value is -2.93. The van der Waals surface area contributed by atoms with Crippen molar-refractivity contribution in [3.8, 4) is 11.5 Å². The van der Waals surface area contributed by atoms with Crippen LogP contribution in [0.2, 0.25) is 0 Å². The average Bonchev–Trinajstić information content (AvgIpc) is 3.21. The summed E-state index contributed by atoms with van der Waals surface area (Å²) in [6.07, 6.45) is 0. The quantitative estimate of drug-likeness (QED) is 0.627. The van der Waals surface area contributed by atoms with Crippen molar-refractivity contribution < 1.29 is 23.0 Å². The van der Waals surface area contributed by atoms with E-state index in [2.05, 4.69) is 10.1 Å². The summed E-state index contributed by atoms with van der Waals surface area (Å²) < 4.78 is 34.4. The van der Waals surface area contributed by atoms with Gasteiger partial charge in [0.25, 0.3) is 5.91 Å². The lowest BCUT2D eigenvalue weighted by molar-refractivity contribution is -0.0512. The number of rotatable bonds is 7. The van der Waals surface area contributed by atoms with Crippen LogP contribution in [-0.4, -0.2) is 19.6 Å². The summed E-state index contributed by atoms with van der Waals surface area (Å²) in [6, 6.07) is 17.2. The molecule has 0 aliphatic carbocycles. The number of halogens is 2. The lowest BCUT2D eigenvalue weighted by atomic mass is 10.0. The Bertz CT molecular complexity index is 886. The summed E-state index contributed by atoms with van der Waals surface area (Å²) in [7, 11) is 1.33. The molecule has 0 fully saturated rings. The van der Waals surface area contributed by atoms with Crippen molar-refractivity contribution in [3.63, 3.8) is 0 Å². The molecule has 1 amide bonds. The highest BCUT2D eigenvalue weighted by Crippen LogP contribution is 2.30. The minimum absolute atomic E-state index is 0.0651. The van der Waals surface area contributed by atoms with Gasteiger partial charge in [0.05, 0.1) is 13.2 Å². The van der Waals surface area contributed by atoms with Gasteiger partial charge in [0, 0.05) is 10.4 Å². The molecule has 0 spiro atoms. The molecule has 1 N–H and O–H groups in total. The van der Waals surface area contributed by atoms with Crippen LogP contribution in [0, 0.1) is 0 Å². The van der Waals surface area contributed by atoms with E-state index in [0.29, 0.717) is 0 Å². The number of hydrogen-bond donors (Lipinski definition) is 1. The van der Waals surface area contributed by atoms with Crippen molar-refractivity contribution in [1.82, 2.24) is 5.32 Å².